The van der Waals surface area contributed by atoms with Crippen molar-refractivity contribution in [2.45, 2.75) is 32.2 Å². The summed E-state index contributed by atoms with van der Waals surface area (Å²) in [4.78, 5) is 27.9. The lowest BCUT2D eigenvalue weighted by Gasteiger charge is -2.11. The minimum atomic E-state index is -0.152. The second-order valence-electron chi connectivity index (χ2n) is 6.21. The SMILES string of the molecule is O=C1CC(CC(=O)Nc2ncn(Cc3ccc(Br)cc3)n2)CCCN1. The number of nitrogens with one attached hydrogen (secondary N) is 2. The molecule has 0 aliphatic carbocycles. The minimum Gasteiger partial charge on any atom is -0.356 e. The van der Waals surface area contributed by atoms with Gasteiger partial charge >= 0.3 is 0 Å². The van der Waals surface area contributed by atoms with Gasteiger partial charge in [0.05, 0.1) is 6.54 Å². The number of aromatic nitrogens is 3. The molecule has 2 N–H and O–H groups in total. The molecule has 1 aromatic carbocycles. The fourth-order valence-corrected chi connectivity index (χ4v) is 3.14. The number of anilines is 1. The minimum absolute atomic E-state index is 0.0206. The Labute approximate surface area is 154 Å². The number of rotatable bonds is 5. The van der Waals surface area contributed by atoms with Crippen LogP contribution in [-0.2, 0) is 16.1 Å². The average molecular weight is 406 g/mol. The molecule has 1 fully saturated rings. The Morgan fingerprint density at radius 3 is 2.96 bits per heavy atom. The molecule has 0 spiro atoms. The molecule has 1 saturated heterocycles. The zero-order valence-electron chi connectivity index (χ0n) is 13.7. The third-order valence-corrected chi connectivity index (χ3v) is 4.63. The topological polar surface area (TPSA) is 88.9 Å². The number of benzene rings is 1. The molecule has 0 radical (unpaired) electrons. The molecular weight excluding hydrogens is 386 g/mol. The highest BCUT2D eigenvalue weighted by atomic mass is 79.9. The van der Waals surface area contributed by atoms with Gasteiger partial charge in [0.1, 0.15) is 6.33 Å². The van der Waals surface area contributed by atoms with Gasteiger partial charge in [-0.15, -0.1) is 5.10 Å². The largest absolute Gasteiger partial charge is 0.356 e. The van der Waals surface area contributed by atoms with Crippen molar-refractivity contribution in [3.63, 3.8) is 0 Å². The summed E-state index contributed by atoms with van der Waals surface area (Å²) < 4.78 is 2.70. The molecule has 8 heteroatoms. The normalized spacial score (nSPS) is 17.6. The molecule has 1 aromatic heterocycles. The lowest BCUT2D eigenvalue weighted by molar-refractivity contribution is -0.122. The van der Waals surface area contributed by atoms with Crippen molar-refractivity contribution in [2.75, 3.05) is 11.9 Å². The van der Waals surface area contributed by atoms with Gasteiger partial charge in [-0.3, -0.25) is 14.9 Å². The average Bonchev–Trinajstić information content (AvgIpc) is 2.89. The molecular formula is C17H20BrN5O2. The van der Waals surface area contributed by atoms with Crippen molar-refractivity contribution < 1.29 is 9.59 Å². The predicted molar refractivity (Wildman–Crippen MR) is 96.9 cm³/mol. The molecule has 2 heterocycles. The molecule has 0 bridgehead atoms. The van der Waals surface area contributed by atoms with Gasteiger partial charge in [-0.2, -0.15) is 0 Å². The van der Waals surface area contributed by atoms with Crippen LogP contribution < -0.4 is 10.6 Å². The summed E-state index contributed by atoms with van der Waals surface area (Å²) >= 11 is 3.40. The van der Waals surface area contributed by atoms with Gasteiger partial charge in [-0.05, 0) is 36.5 Å². The maximum Gasteiger partial charge on any atom is 0.248 e. The van der Waals surface area contributed by atoms with Crippen molar-refractivity contribution in [3.8, 4) is 0 Å². The highest BCUT2D eigenvalue weighted by molar-refractivity contribution is 9.10. The maximum absolute atomic E-state index is 12.2. The summed E-state index contributed by atoms with van der Waals surface area (Å²) in [6.45, 7) is 1.28. The Hall–Kier alpha value is -2.22. The van der Waals surface area contributed by atoms with E-state index in [9.17, 15) is 9.59 Å². The molecule has 3 rings (SSSR count). The van der Waals surface area contributed by atoms with E-state index in [4.69, 9.17) is 0 Å². The molecule has 132 valence electrons. The molecule has 2 amide bonds. The standard InChI is InChI=1S/C17H20BrN5O2/c18-14-5-3-12(4-6-14)10-23-11-20-17(22-23)21-16(25)9-13-2-1-7-19-15(24)8-13/h3-6,11,13H,1-2,7-10H2,(H,19,24)(H,21,22,25). The number of halogens is 1. The van der Waals surface area contributed by atoms with Crippen LogP contribution in [0.5, 0.6) is 0 Å². The van der Waals surface area contributed by atoms with Crippen LogP contribution in [0.25, 0.3) is 0 Å². The van der Waals surface area contributed by atoms with Gasteiger partial charge in [0, 0.05) is 23.9 Å². The first-order valence-corrected chi connectivity index (χ1v) is 9.08. The summed E-state index contributed by atoms with van der Waals surface area (Å²) in [5.41, 5.74) is 1.09. The molecule has 7 nitrogen and oxygen atoms in total. The van der Waals surface area contributed by atoms with Gasteiger partial charge in [0.15, 0.2) is 0 Å². The monoisotopic (exact) mass is 405 g/mol. The van der Waals surface area contributed by atoms with Crippen LogP contribution in [0.1, 0.15) is 31.2 Å². The number of nitrogens with zero attached hydrogens (tertiary/aromatic N) is 3. The first-order chi connectivity index (χ1) is 12.1. The Balaban J connectivity index is 1.52. The highest BCUT2D eigenvalue weighted by Gasteiger charge is 2.20. The van der Waals surface area contributed by atoms with E-state index in [1.165, 1.54) is 0 Å². The van der Waals surface area contributed by atoms with Crippen LogP contribution in [-0.4, -0.2) is 33.1 Å². The molecule has 1 unspecified atom stereocenters. The Morgan fingerprint density at radius 1 is 1.36 bits per heavy atom. The van der Waals surface area contributed by atoms with Crippen molar-refractivity contribution in [2.24, 2.45) is 5.92 Å². The Morgan fingerprint density at radius 2 is 2.16 bits per heavy atom. The Kier molecular flexibility index (Phi) is 5.80. The molecule has 0 saturated carbocycles. The molecule has 25 heavy (non-hydrogen) atoms. The highest BCUT2D eigenvalue weighted by Crippen LogP contribution is 2.18. The van der Waals surface area contributed by atoms with Crippen LogP contribution in [0.2, 0.25) is 0 Å². The lowest BCUT2D eigenvalue weighted by atomic mass is 9.96. The molecule has 1 aliphatic rings. The van der Waals surface area contributed by atoms with Gasteiger partial charge in [-0.1, -0.05) is 28.1 Å². The van der Waals surface area contributed by atoms with E-state index >= 15 is 0 Å². The number of amides is 2. The maximum atomic E-state index is 12.2. The van der Waals surface area contributed by atoms with Gasteiger partial charge in [-0.25, -0.2) is 9.67 Å². The first-order valence-electron chi connectivity index (χ1n) is 8.29. The molecule has 1 aliphatic heterocycles. The fourth-order valence-electron chi connectivity index (χ4n) is 2.87. The zero-order chi connectivity index (χ0) is 17.6. The van der Waals surface area contributed by atoms with Crippen LogP contribution in [0.3, 0.4) is 0 Å². The van der Waals surface area contributed by atoms with Gasteiger partial charge in [0.2, 0.25) is 17.8 Å². The summed E-state index contributed by atoms with van der Waals surface area (Å²) in [5, 5.41) is 9.82. The number of hydrogen-bond donors (Lipinski definition) is 2. The number of carbonyl (C=O) groups excluding carboxylic acids is 2. The predicted octanol–water partition coefficient (Wildman–Crippen LogP) is 2.33. The summed E-state index contributed by atoms with van der Waals surface area (Å²) in [7, 11) is 0. The van der Waals surface area contributed by atoms with E-state index < -0.39 is 0 Å². The van der Waals surface area contributed by atoms with Crippen LogP contribution in [0, 0.1) is 5.92 Å². The van der Waals surface area contributed by atoms with E-state index in [0.29, 0.717) is 31.9 Å². The third-order valence-electron chi connectivity index (χ3n) is 4.10. The van der Waals surface area contributed by atoms with Crippen molar-refractivity contribution in [1.29, 1.82) is 0 Å². The smallest absolute Gasteiger partial charge is 0.248 e. The lowest BCUT2D eigenvalue weighted by Crippen LogP contribution is -2.24. The van der Waals surface area contributed by atoms with E-state index in [0.717, 1.165) is 22.9 Å². The van der Waals surface area contributed by atoms with Gasteiger partial charge < -0.3 is 5.32 Å². The van der Waals surface area contributed by atoms with E-state index in [-0.39, 0.29) is 17.7 Å². The fraction of sp³-hybridized carbons (Fsp3) is 0.412. The van der Waals surface area contributed by atoms with Crippen molar-refractivity contribution >= 4 is 33.7 Å². The van der Waals surface area contributed by atoms with Crippen LogP contribution in [0.4, 0.5) is 5.95 Å². The van der Waals surface area contributed by atoms with Gasteiger partial charge in [0.25, 0.3) is 0 Å². The summed E-state index contributed by atoms with van der Waals surface area (Å²) in [6.07, 6.45) is 4.09. The van der Waals surface area contributed by atoms with Crippen LogP contribution >= 0.6 is 15.9 Å². The van der Waals surface area contributed by atoms with E-state index in [1.807, 2.05) is 24.3 Å². The molecule has 2 aromatic rings. The number of hydrogen-bond acceptors (Lipinski definition) is 4. The van der Waals surface area contributed by atoms with Crippen LogP contribution in [0.15, 0.2) is 35.1 Å². The van der Waals surface area contributed by atoms with Crippen molar-refractivity contribution in [3.05, 3.63) is 40.6 Å². The third kappa shape index (κ3) is 5.38. The van der Waals surface area contributed by atoms with Crippen molar-refractivity contribution in [1.82, 2.24) is 20.1 Å². The zero-order valence-corrected chi connectivity index (χ0v) is 15.3. The van der Waals surface area contributed by atoms with E-state index in [1.54, 1.807) is 11.0 Å². The van der Waals surface area contributed by atoms with E-state index in [2.05, 4.69) is 36.6 Å². The number of carbonyl (C=O) groups is 2. The summed E-state index contributed by atoms with van der Waals surface area (Å²) in [5.74, 6) is 0.237. The quantitative estimate of drug-likeness (QED) is 0.798. The second kappa shape index (κ2) is 8.24. The molecule has 1 atom stereocenters. The Bertz CT molecular complexity index is 744. The summed E-state index contributed by atoms with van der Waals surface area (Å²) in [6, 6.07) is 7.94. The second-order valence-corrected chi connectivity index (χ2v) is 7.12. The first kappa shape index (κ1) is 17.6.